The van der Waals surface area contributed by atoms with Gasteiger partial charge in [-0.3, -0.25) is 0 Å². The van der Waals surface area contributed by atoms with Crippen molar-refractivity contribution in [1.82, 2.24) is 0 Å². The van der Waals surface area contributed by atoms with Gasteiger partial charge in [0.2, 0.25) is 0 Å². The molecule has 1 N–H and O–H groups in total. The Morgan fingerprint density at radius 3 is 2.55 bits per heavy atom. The van der Waals surface area contributed by atoms with Crippen LogP contribution in [-0.2, 0) is 0 Å². The molecule has 0 spiro atoms. The molecule has 1 heteroatoms. The van der Waals surface area contributed by atoms with Crippen molar-refractivity contribution in [1.29, 1.82) is 5.41 Å². The Balaban J connectivity index is 1.89. The SMILES string of the molecule is CCC(=N)CC1(C2CC2)C=C1. The van der Waals surface area contributed by atoms with Crippen molar-refractivity contribution in [3.8, 4) is 0 Å². The van der Waals surface area contributed by atoms with Crippen molar-refractivity contribution in [2.45, 2.75) is 32.6 Å². The summed E-state index contributed by atoms with van der Waals surface area (Å²) in [4.78, 5) is 0. The van der Waals surface area contributed by atoms with Gasteiger partial charge in [0.05, 0.1) is 0 Å². The summed E-state index contributed by atoms with van der Waals surface area (Å²) in [7, 11) is 0. The minimum absolute atomic E-state index is 0.410. The average Bonchev–Trinajstić information content (AvgIpc) is 2.81. The zero-order valence-electron chi connectivity index (χ0n) is 7.06. The number of allylic oxidation sites excluding steroid dienone is 2. The van der Waals surface area contributed by atoms with E-state index in [9.17, 15) is 0 Å². The Morgan fingerprint density at radius 2 is 2.18 bits per heavy atom. The number of hydrogen-bond donors (Lipinski definition) is 1. The van der Waals surface area contributed by atoms with Crippen LogP contribution in [0.2, 0.25) is 0 Å². The van der Waals surface area contributed by atoms with Gasteiger partial charge in [0.1, 0.15) is 0 Å². The third kappa shape index (κ3) is 1.24. The normalized spacial score (nSPS) is 25.2. The lowest BCUT2D eigenvalue weighted by Crippen LogP contribution is -2.11. The fraction of sp³-hybridized carbons (Fsp3) is 0.700. The zero-order valence-corrected chi connectivity index (χ0v) is 7.06. The molecule has 0 aromatic rings. The van der Waals surface area contributed by atoms with Gasteiger partial charge < -0.3 is 5.41 Å². The lowest BCUT2D eigenvalue weighted by Gasteiger charge is -2.14. The molecular weight excluding hydrogens is 134 g/mol. The van der Waals surface area contributed by atoms with Gasteiger partial charge in [-0.05, 0) is 31.6 Å². The van der Waals surface area contributed by atoms with Gasteiger partial charge >= 0.3 is 0 Å². The smallest absolute Gasteiger partial charge is 0.0142 e. The van der Waals surface area contributed by atoms with E-state index in [-0.39, 0.29) is 0 Å². The molecule has 0 heterocycles. The first-order valence-corrected chi connectivity index (χ1v) is 4.53. The summed E-state index contributed by atoms with van der Waals surface area (Å²) in [6, 6.07) is 0. The predicted octanol–water partition coefficient (Wildman–Crippen LogP) is 2.77. The monoisotopic (exact) mass is 149 g/mol. The van der Waals surface area contributed by atoms with Crippen molar-refractivity contribution in [2.24, 2.45) is 11.3 Å². The highest BCUT2D eigenvalue weighted by Gasteiger charge is 2.47. The molecule has 0 bridgehead atoms. The van der Waals surface area contributed by atoms with E-state index in [1.54, 1.807) is 0 Å². The number of nitrogens with one attached hydrogen (secondary N) is 1. The molecular formula is C10H15N. The minimum atomic E-state index is 0.410. The molecule has 11 heavy (non-hydrogen) atoms. The maximum atomic E-state index is 7.61. The van der Waals surface area contributed by atoms with Crippen LogP contribution in [0.1, 0.15) is 32.6 Å². The second kappa shape index (κ2) is 2.20. The van der Waals surface area contributed by atoms with Crippen molar-refractivity contribution in [3.63, 3.8) is 0 Å². The standard InChI is InChI=1S/C10H15N/c1-2-9(11)7-10(5-6-10)8-3-4-8/h5-6,8,11H,2-4,7H2,1H3. The van der Waals surface area contributed by atoms with Crippen molar-refractivity contribution in [2.75, 3.05) is 0 Å². The molecule has 0 amide bonds. The Kier molecular flexibility index (Phi) is 1.41. The van der Waals surface area contributed by atoms with Crippen LogP contribution in [0, 0.1) is 16.7 Å². The Hall–Kier alpha value is -0.590. The molecule has 0 saturated heterocycles. The first kappa shape index (κ1) is 7.08. The first-order chi connectivity index (χ1) is 5.27. The lowest BCUT2D eigenvalue weighted by molar-refractivity contribution is 0.511. The van der Waals surface area contributed by atoms with Crippen molar-refractivity contribution < 1.29 is 0 Å². The van der Waals surface area contributed by atoms with E-state index in [0.717, 1.165) is 24.5 Å². The Morgan fingerprint density at radius 1 is 1.55 bits per heavy atom. The van der Waals surface area contributed by atoms with Gasteiger partial charge in [-0.2, -0.15) is 0 Å². The van der Waals surface area contributed by atoms with Gasteiger partial charge in [0.25, 0.3) is 0 Å². The van der Waals surface area contributed by atoms with E-state index in [0.29, 0.717) is 5.41 Å². The van der Waals surface area contributed by atoms with Crippen LogP contribution in [0.3, 0.4) is 0 Å². The summed E-state index contributed by atoms with van der Waals surface area (Å²) >= 11 is 0. The fourth-order valence-electron chi connectivity index (χ4n) is 1.76. The molecule has 0 atom stereocenters. The largest absolute Gasteiger partial charge is 0.310 e. The minimum Gasteiger partial charge on any atom is -0.310 e. The maximum Gasteiger partial charge on any atom is 0.0142 e. The summed E-state index contributed by atoms with van der Waals surface area (Å²) in [5.74, 6) is 0.911. The third-order valence-electron chi connectivity index (χ3n) is 2.88. The quantitative estimate of drug-likeness (QED) is 0.469. The van der Waals surface area contributed by atoms with Crippen molar-refractivity contribution >= 4 is 5.71 Å². The molecule has 1 saturated carbocycles. The fourth-order valence-corrected chi connectivity index (χ4v) is 1.76. The lowest BCUT2D eigenvalue weighted by atomic mass is 9.90. The first-order valence-electron chi connectivity index (χ1n) is 4.53. The highest BCUT2D eigenvalue weighted by Crippen LogP contribution is 2.57. The van der Waals surface area contributed by atoms with Crippen LogP contribution >= 0.6 is 0 Å². The molecule has 0 aromatic heterocycles. The molecule has 60 valence electrons. The average molecular weight is 149 g/mol. The second-order valence-corrected chi connectivity index (χ2v) is 3.85. The predicted molar refractivity (Wildman–Crippen MR) is 46.9 cm³/mol. The van der Waals surface area contributed by atoms with Gasteiger partial charge in [0, 0.05) is 11.1 Å². The number of hydrogen-bond acceptors (Lipinski definition) is 1. The van der Waals surface area contributed by atoms with E-state index in [4.69, 9.17) is 5.41 Å². The van der Waals surface area contributed by atoms with Gasteiger partial charge in [-0.15, -0.1) is 0 Å². The van der Waals surface area contributed by atoms with Gasteiger partial charge in [0.15, 0.2) is 0 Å². The van der Waals surface area contributed by atoms with E-state index in [2.05, 4.69) is 19.1 Å². The highest BCUT2D eigenvalue weighted by molar-refractivity contribution is 5.83. The Bertz CT molecular complexity index is 205. The molecule has 2 aliphatic rings. The summed E-state index contributed by atoms with van der Waals surface area (Å²) in [6.45, 7) is 2.07. The van der Waals surface area contributed by atoms with Crippen LogP contribution in [0.15, 0.2) is 12.2 Å². The van der Waals surface area contributed by atoms with E-state index >= 15 is 0 Å². The Labute approximate surface area is 68.0 Å². The van der Waals surface area contributed by atoms with E-state index < -0.39 is 0 Å². The van der Waals surface area contributed by atoms with Crippen LogP contribution in [0.5, 0.6) is 0 Å². The summed E-state index contributed by atoms with van der Waals surface area (Å²) in [5.41, 5.74) is 1.33. The van der Waals surface area contributed by atoms with Crippen molar-refractivity contribution in [3.05, 3.63) is 12.2 Å². The van der Waals surface area contributed by atoms with Crippen LogP contribution in [-0.4, -0.2) is 5.71 Å². The van der Waals surface area contributed by atoms with Crippen LogP contribution < -0.4 is 0 Å². The molecule has 0 unspecified atom stereocenters. The van der Waals surface area contributed by atoms with Gasteiger partial charge in [-0.25, -0.2) is 0 Å². The summed E-state index contributed by atoms with van der Waals surface area (Å²) in [6.07, 6.45) is 9.32. The number of rotatable bonds is 4. The van der Waals surface area contributed by atoms with E-state index in [1.165, 1.54) is 12.8 Å². The summed E-state index contributed by atoms with van der Waals surface area (Å²) in [5, 5.41) is 7.61. The molecule has 2 aliphatic carbocycles. The molecule has 0 radical (unpaired) electrons. The van der Waals surface area contributed by atoms with E-state index in [1.807, 2.05) is 0 Å². The topological polar surface area (TPSA) is 23.9 Å². The van der Waals surface area contributed by atoms with Gasteiger partial charge in [-0.1, -0.05) is 19.1 Å². The van der Waals surface area contributed by atoms with Crippen LogP contribution in [0.4, 0.5) is 0 Å². The third-order valence-corrected chi connectivity index (χ3v) is 2.88. The zero-order chi connectivity index (χ0) is 7.90. The highest BCUT2D eigenvalue weighted by atomic mass is 14.5. The maximum absolute atomic E-state index is 7.61. The van der Waals surface area contributed by atoms with Crippen LogP contribution in [0.25, 0.3) is 0 Å². The molecule has 1 fully saturated rings. The molecule has 2 rings (SSSR count). The molecule has 1 nitrogen and oxygen atoms in total. The molecule has 0 aromatic carbocycles. The summed E-state index contributed by atoms with van der Waals surface area (Å²) < 4.78 is 0. The second-order valence-electron chi connectivity index (χ2n) is 3.85. The molecule has 0 aliphatic heterocycles.